The van der Waals surface area contributed by atoms with Gasteiger partial charge in [0, 0.05) is 10.0 Å². The van der Waals surface area contributed by atoms with E-state index in [1.165, 1.54) is 0 Å². The zero-order valence-corrected chi connectivity index (χ0v) is 19.1. The van der Waals surface area contributed by atoms with Gasteiger partial charge >= 0.3 is 0 Å². The van der Waals surface area contributed by atoms with Crippen LogP contribution in [-0.2, 0) is 6.61 Å². The Labute approximate surface area is 193 Å². The van der Waals surface area contributed by atoms with Gasteiger partial charge in [-0.2, -0.15) is 14.9 Å². The first-order chi connectivity index (χ1) is 15.1. The van der Waals surface area contributed by atoms with Crippen LogP contribution in [0.3, 0.4) is 0 Å². The summed E-state index contributed by atoms with van der Waals surface area (Å²) in [6.07, 6.45) is 1.71. The Kier molecular flexibility index (Phi) is 6.59. The fourth-order valence-corrected chi connectivity index (χ4v) is 3.37. The first-order valence-electron chi connectivity index (χ1n) is 9.46. The zero-order chi connectivity index (χ0) is 21.6. The lowest BCUT2D eigenvalue weighted by Crippen LogP contribution is -1.99. The molecule has 1 N–H and O–H groups in total. The minimum atomic E-state index is 0.413. The molecule has 0 saturated heterocycles. The van der Waals surface area contributed by atoms with Gasteiger partial charge in [-0.25, -0.2) is 5.10 Å². The van der Waals surface area contributed by atoms with Gasteiger partial charge in [-0.3, -0.25) is 0 Å². The van der Waals surface area contributed by atoms with Crippen molar-refractivity contribution < 1.29 is 9.47 Å². The number of benzene rings is 3. The number of hydrogen-bond donors (Lipinski definition) is 1. The number of aromatic amines is 1. The van der Waals surface area contributed by atoms with Crippen molar-refractivity contribution in [3.8, 4) is 22.9 Å². The van der Waals surface area contributed by atoms with Crippen molar-refractivity contribution in [1.29, 1.82) is 0 Å². The summed E-state index contributed by atoms with van der Waals surface area (Å²) < 4.78 is 14.5. The standard InChI is InChI=1S/C23H19BrN4O2S/c1-29-21-13-17(9-12-20(21)30-15-16-7-10-19(24)11-8-16)14-25-28-22(26-27-23(28)31)18-5-3-2-4-6-18/h2-14H,15H2,1H3,(H,27,31)/b25-14-. The van der Waals surface area contributed by atoms with Gasteiger partial charge < -0.3 is 9.47 Å². The number of nitrogens with one attached hydrogen (secondary N) is 1. The normalized spacial score (nSPS) is 11.0. The van der Waals surface area contributed by atoms with Gasteiger partial charge in [-0.15, -0.1) is 0 Å². The van der Waals surface area contributed by atoms with Gasteiger partial charge in [-0.1, -0.05) is 58.4 Å². The average Bonchev–Trinajstić information content (AvgIpc) is 3.18. The maximum absolute atomic E-state index is 5.93. The molecule has 0 bridgehead atoms. The Hall–Kier alpha value is -3.23. The third kappa shape index (κ3) is 5.10. The number of ether oxygens (including phenoxy) is 2. The summed E-state index contributed by atoms with van der Waals surface area (Å²) in [4.78, 5) is 0. The summed E-state index contributed by atoms with van der Waals surface area (Å²) >= 11 is 8.77. The number of aromatic nitrogens is 3. The van der Waals surface area contributed by atoms with Crippen LogP contribution in [0, 0.1) is 4.77 Å². The quantitative estimate of drug-likeness (QED) is 0.259. The molecule has 1 heterocycles. The van der Waals surface area contributed by atoms with Crippen LogP contribution in [0.2, 0.25) is 0 Å². The Balaban J connectivity index is 1.53. The van der Waals surface area contributed by atoms with Crippen molar-refractivity contribution in [2.75, 3.05) is 7.11 Å². The molecule has 0 aliphatic heterocycles. The summed E-state index contributed by atoms with van der Waals surface area (Å²) in [6, 6.07) is 23.4. The largest absolute Gasteiger partial charge is 0.493 e. The van der Waals surface area contributed by atoms with E-state index in [2.05, 4.69) is 31.2 Å². The molecular formula is C23H19BrN4O2S. The van der Waals surface area contributed by atoms with Gasteiger partial charge in [0.1, 0.15) is 6.61 Å². The second-order valence-electron chi connectivity index (χ2n) is 6.60. The summed E-state index contributed by atoms with van der Waals surface area (Å²) in [6.45, 7) is 0.446. The topological polar surface area (TPSA) is 64.4 Å². The van der Waals surface area contributed by atoms with Gasteiger partial charge in [0.15, 0.2) is 17.3 Å². The molecule has 6 nitrogen and oxygen atoms in total. The molecule has 1 aromatic heterocycles. The number of H-pyrrole nitrogens is 1. The molecule has 0 unspecified atom stereocenters. The maximum Gasteiger partial charge on any atom is 0.216 e. The van der Waals surface area contributed by atoms with E-state index in [0.717, 1.165) is 21.2 Å². The van der Waals surface area contributed by atoms with Crippen molar-refractivity contribution in [1.82, 2.24) is 14.9 Å². The van der Waals surface area contributed by atoms with Crippen molar-refractivity contribution >= 4 is 34.4 Å². The number of halogens is 1. The summed E-state index contributed by atoms with van der Waals surface area (Å²) in [5.41, 5.74) is 2.83. The highest BCUT2D eigenvalue weighted by Gasteiger charge is 2.09. The first kappa shape index (κ1) is 21.0. The Morgan fingerprint density at radius 2 is 1.84 bits per heavy atom. The smallest absolute Gasteiger partial charge is 0.216 e. The lowest BCUT2D eigenvalue weighted by atomic mass is 10.2. The van der Waals surface area contributed by atoms with Gasteiger partial charge in [0.2, 0.25) is 4.77 Å². The minimum absolute atomic E-state index is 0.413. The van der Waals surface area contributed by atoms with Crippen molar-refractivity contribution in [3.63, 3.8) is 0 Å². The zero-order valence-electron chi connectivity index (χ0n) is 16.7. The number of nitrogens with zero attached hydrogens (tertiary/aromatic N) is 3. The van der Waals surface area contributed by atoms with E-state index < -0.39 is 0 Å². The van der Waals surface area contributed by atoms with Crippen LogP contribution < -0.4 is 9.47 Å². The van der Waals surface area contributed by atoms with Crippen LogP contribution in [-0.4, -0.2) is 28.2 Å². The highest BCUT2D eigenvalue weighted by Crippen LogP contribution is 2.28. The van der Waals surface area contributed by atoms with Crippen molar-refractivity contribution in [2.45, 2.75) is 6.61 Å². The molecule has 0 aliphatic rings. The summed E-state index contributed by atoms with van der Waals surface area (Å²) in [5, 5.41) is 11.6. The van der Waals surface area contributed by atoms with Crippen LogP contribution in [0.4, 0.5) is 0 Å². The van der Waals surface area contributed by atoms with Crippen LogP contribution in [0.5, 0.6) is 11.5 Å². The average molecular weight is 495 g/mol. The van der Waals surface area contributed by atoms with Crippen molar-refractivity contribution in [2.24, 2.45) is 5.10 Å². The summed E-state index contributed by atoms with van der Waals surface area (Å²) in [7, 11) is 1.61. The van der Waals surface area contributed by atoms with E-state index in [-0.39, 0.29) is 0 Å². The van der Waals surface area contributed by atoms with E-state index in [1.54, 1.807) is 18.0 Å². The maximum atomic E-state index is 5.93. The predicted molar refractivity (Wildman–Crippen MR) is 127 cm³/mol. The predicted octanol–water partition coefficient (Wildman–Crippen LogP) is 5.84. The molecule has 0 fully saturated rings. The molecular weight excluding hydrogens is 476 g/mol. The van der Waals surface area contributed by atoms with E-state index in [1.807, 2.05) is 72.8 Å². The molecule has 8 heteroatoms. The molecule has 4 rings (SSSR count). The fourth-order valence-electron chi connectivity index (χ4n) is 2.92. The lowest BCUT2D eigenvalue weighted by molar-refractivity contribution is 0.284. The van der Waals surface area contributed by atoms with Crippen LogP contribution in [0.15, 0.2) is 82.4 Å². The van der Waals surface area contributed by atoms with Gasteiger partial charge in [-0.05, 0) is 53.7 Å². The Bertz CT molecular complexity index is 1250. The highest BCUT2D eigenvalue weighted by atomic mass is 79.9. The molecule has 4 aromatic rings. The van der Waals surface area contributed by atoms with E-state index in [9.17, 15) is 0 Å². The second-order valence-corrected chi connectivity index (χ2v) is 7.90. The van der Waals surface area contributed by atoms with Gasteiger partial charge in [0.25, 0.3) is 0 Å². The molecule has 156 valence electrons. The van der Waals surface area contributed by atoms with Crippen LogP contribution >= 0.6 is 28.1 Å². The molecule has 0 amide bonds. The van der Waals surface area contributed by atoms with E-state index in [0.29, 0.717) is 28.7 Å². The molecule has 0 spiro atoms. The lowest BCUT2D eigenvalue weighted by Gasteiger charge is -2.11. The SMILES string of the molecule is COc1cc(/C=N\n2c(-c3ccccc3)n[nH]c2=S)ccc1OCc1ccc(Br)cc1. The van der Waals surface area contributed by atoms with E-state index in [4.69, 9.17) is 21.7 Å². The molecule has 3 aromatic carbocycles. The molecule has 31 heavy (non-hydrogen) atoms. The molecule has 0 aliphatic carbocycles. The first-order valence-corrected chi connectivity index (χ1v) is 10.7. The van der Waals surface area contributed by atoms with Gasteiger partial charge in [0.05, 0.1) is 13.3 Å². The monoisotopic (exact) mass is 494 g/mol. The number of rotatable bonds is 7. The Morgan fingerprint density at radius 3 is 2.58 bits per heavy atom. The number of methoxy groups -OCH3 is 1. The summed E-state index contributed by atoms with van der Waals surface area (Å²) in [5.74, 6) is 1.93. The Morgan fingerprint density at radius 1 is 1.06 bits per heavy atom. The van der Waals surface area contributed by atoms with Crippen LogP contribution in [0.25, 0.3) is 11.4 Å². The second kappa shape index (κ2) is 9.72. The van der Waals surface area contributed by atoms with Crippen molar-refractivity contribution in [3.05, 3.63) is 93.2 Å². The third-order valence-electron chi connectivity index (χ3n) is 4.50. The fraction of sp³-hybridized carbons (Fsp3) is 0.0870. The van der Waals surface area contributed by atoms with E-state index >= 15 is 0 Å². The molecule has 0 saturated carbocycles. The minimum Gasteiger partial charge on any atom is -0.493 e. The van der Waals surface area contributed by atoms with Crippen LogP contribution in [0.1, 0.15) is 11.1 Å². The third-order valence-corrected chi connectivity index (χ3v) is 5.29. The molecule has 0 atom stereocenters. The highest BCUT2D eigenvalue weighted by molar-refractivity contribution is 9.10. The molecule has 0 radical (unpaired) electrons. The number of hydrogen-bond acceptors (Lipinski definition) is 5.